The van der Waals surface area contributed by atoms with Crippen LogP contribution < -0.4 is 10.9 Å². The molecular weight excluding hydrogens is 310 g/mol. The van der Waals surface area contributed by atoms with Crippen LogP contribution in [0.2, 0.25) is 0 Å². The van der Waals surface area contributed by atoms with Crippen molar-refractivity contribution in [2.24, 2.45) is 18.9 Å². The van der Waals surface area contributed by atoms with E-state index >= 15 is 0 Å². The number of aliphatic hydroxyl groups excluding tert-OH is 1. The first-order valence-corrected chi connectivity index (χ1v) is 7.49. The fourth-order valence-electron chi connectivity index (χ4n) is 2.67. The minimum atomic E-state index is -0.146. The predicted molar refractivity (Wildman–Crippen MR) is 78.2 cm³/mol. The Labute approximate surface area is 121 Å². The average Bonchev–Trinajstić information content (AvgIpc) is 2.44. The standard InChI is InChI=1S/C13H20BrN3O2/c1-17-13(19)12(14)11(7-16-17)15-6-9-4-2-3-5-10(9)8-18/h7,9-10,15,18H,2-6,8H2,1H3. The van der Waals surface area contributed by atoms with E-state index in [0.29, 0.717) is 16.3 Å². The molecule has 5 nitrogen and oxygen atoms in total. The summed E-state index contributed by atoms with van der Waals surface area (Å²) in [6.07, 6.45) is 6.31. The van der Waals surface area contributed by atoms with Gasteiger partial charge in [-0.2, -0.15) is 5.10 Å². The highest BCUT2D eigenvalue weighted by Gasteiger charge is 2.24. The van der Waals surface area contributed by atoms with Gasteiger partial charge in [0.2, 0.25) is 0 Å². The van der Waals surface area contributed by atoms with Gasteiger partial charge in [0, 0.05) is 20.2 Å². The van der Waals surface area contributed by atoms with Crippen LogP contribution in [0.1, 0.15) is 25.7 Å². The highest BCUT2D eigenvalue weighted by atomic mass is 79.9. The molecule has 1 aliphatic rings. The van der Waals surface area contributed by atoms with Crippen molar-refractivity contribution in [2.75, 3.05) is 18.5 Å². The highest BCUT2D eigenvalue weighted by Crippen LogP contribution is 2.30. The van der Waals surface area contributed by atoms with Gasteiger partial charge in [-0.15, -0.1) is 0 Å². The van der Waals surface area contributed by atoms with Gasteiger partial charge in [0.05, 0.1) is 11.9 Å². The number of hydrogen-bond donors (Lipinski definition) is 2. The molecule has 0 bridgehead atoms. The predicted octanol–water partition coefficient (Wildman–Crippen LogP) is 1.75. The van der Waals surface area contributed by atoms with E-state index in [0.717, 1.165) is 25.1 Å². The third kappa shape index (κ3) is 3.36. The second kappa shape index (κ2) is 6.52. The van der Waals surface area contributed by atoms with Crippen LogP contribution in [0.3, 0.4) is 0 Å². The number of anilines is 1. The van der Waals surface area contributed by atoms with Crippen molar-refractivity contribution in [3.05, 3.63) is 21.0 Å². The van der Waals surface area contributed by atoms with Crippen molar-refractivity contribution in [3.63, 3.8) is 0 Å². The molecule has 0 aliphatic heterocycles. The fraction of sp³-hybridized carbons (Fsp3) is 0.692. The molecule has 1 heterocycles. The van der Waals surface area contributed by atoms with Gasteiger partial charge in [-0.1, -0.05) is 12.8 Å². The number of aromatic nitrogens is 2. The number of rotatable bonds is 4. The van der Waals surface area contributed by atoms with Gasteiger partial charge in [-0.3, -0.25) is 4.79 Å². The summed E-state index contributed by atoms with van der Waals surface area (Å²) >= 11 is 3.30. The summed E-state index contributed by atoms with van der Waals surface area (Å²) in [5.74, 6) is 0.842. The summed E-state index contributed by atoms with van der Waals surface area (Å²) < 4.78 is 1.81. The number of hydrogen-bond acceptors (Lipinski definition) is 4. The summed E-state index contributed by atoms with van der Waals surface area (Å²) in [5, 5.41) is 16.7. The average molecular weight is 330 g/mol. The highest BCUT2D eigenvalue weighted by molar-refractivity contribution is 9.10. The summed E-state index contributed by atoms with van der Waals surface area (Å²) in [4.78, 5) is 11.7. The monoisotopic (exact) mass is 329 g/mol. The van der Waals surface area contributed by atoms with Crippen LogP contribution in [-0.2, 0) is 7.05 Å². The topological polar surface area (TPSA) is 67.2 Å². The Kier molecular flexibility index (Phi) is 4.99. The first-order valence-electron chi connectivity index (χ1n) is 6.70. The van der Waals surface area contributed by atoms with Gasteiger partial charge in [-0.25, -0.2) is 4.68 Å². The van der Waals surface area contributed by atoms with E-state index in [4.69, 9.17) is 0 Å². The number of halogens is 1. The molecule has 2 rings (SSSR count). The fourth-order valence-corrected chi connectivity index (χ4v) is 3.17. The molecule has 1 aliphatic carbocycles. The van der Waals surface area contributed by atoms with Crippen LogP contribution in [0.25, 0.3) is 0 Å². The first kappa shape index (κ1) is 14.5. The third-order valence-corrected chi connectivity index (χ3v) is 4.70. The number of nitrogens with one attached hydrogen (secondary N) is 1. The lowest BCUT2D eigenvalue weighted by Crippen LogP contribution is -2.29. The van der Waals surface area contributed by atoms with E-state index in [2.05, 4.69) is 26.3 Å². The molecule has 1 fully saturated rings. The van der Waals surface area contributed by atoms with E-state index in [9.17, 15) is 9.90 Å². The molecule has 0 saturated heterocycles. The Bertz CT molecular complexity index is 489. The van der Waals surface area contributed by atoms with Gasteiger partial charge < -0.3 is 10.4 Å². The summed E-state index contributed by atoms with van der Waals surface area (Å²) in [7, 11) is 1.62. The molecule has 0 spiro atoms. The lowest BCUT2D eigenvalue weighted by molar-refractivity contribution is 0.141. The lowest BCUT2D eigenvalue weighted by atomic mass is 9.79. The van der Waals surface area contributed by atoms with Crippen molar-refractivity contribution in [3.8, 4) is 0 Å². The number of aliphatic hydroxyl groups is 1. The van der Waals surface area contributed by atoms with Crippen LogP contribution in [0, 0.1) is 11.8 Å². The van der Waals surface area contributed by atoms with E-state index in [-0.39, 0.29) is 12.2 Å². The summed E-state index contributed by atoms with van der Waals surface area (Å²) in [5.41, 5.74) is 0.581. The Morgan fingerprint density at radius 1 is 1.47 bits per heavy atom. The summed E-state index contributed by atoms with van der Waals surface area (Å²) in [6.45, 7) is 1.03. The Balaban J connectivity index is 2.02. The number of aryl methyl sites for hydroxylation is 1. The second-order valence-electron chi connectivity index (χ2n) is 5.17. The SMILES string of the molecule is Cn1ncc(NCC2CCCCC2CO)c(Br)c1=O. The maximum Gasteiger partial charge on any atom is 0.282 e. The molecule has 0 aromatic carbocycles. The largest absolute Gasteiger partial charge is 0.396 e. The van der Waals surface area contributed by atoms with Crippen molar-refractivity contribution in [1.29, 1.82) is 0 Å². The van der Waals surface area contributed by atoms with Crippen molar-refractivity contribution in [2.45, 2.75) is 25.7 Å². The zero-order chi connectivity index (χ0) is 13.8. The zero-order valence-corrected chi connectivity index (χ0v) is 12.7. The van der Waals surface area contributed by atoms with Crippen molar-refractivity contribution >= 4 is 21.6 Å². The molecule has 1 aromatic heterocycles. The molecule has 2 atom stereocenters. The van der Waals surface area contributed by atoms with Crippen LogP contribution in [-0.4, -0.2) is 28.0 Å². The van der Waals surface area contributed by atoms with Gasteiger partial charge >= 0.3 is 0 Å². The van der Waals surface area contributed by atoms with Crippen LogP contribution in [0.4, 0.5) is 5.69 Å². The molecule has 2 N–H and O–H groups in total. The second-order valence-corrected chi connectivity index (χ2v) is 5.96. The van der Waals surface area contributed by atoms with E-state index in [1.807, 2.05) is 0 Å². The Morgan fingerprint density at radius 2 is 2.16 bits per heavy atom. The summed E-state index contributed by atoms with van der Waals surface area (Å²) in [6, 6.07) is 0. The molecule has 2 unspecified atom stereocenters. The van der Waals surface area contributed by atoms with Crippen LogP contribution >= 0.6 is 15.9 Å². The Morgan fingerprint density at radius 3 is 2.84 bits per heavy atom. The Hall–Kier alpha value is -0.880. The first-order chi connectivity index (χ1) is 9.13. The molecule has 0 radical (unpaired) electrons. The lowest BCUT2D eigenvalue weighted by Gasteiger charge is -2.30. The quantitative estimate of drug-likeness (QED) is 0.883. The maximum absolute atomic E-state index is 11.7. The molecule has 1 aromatic rings. The molecule has 6 heteroatoms. The van der Waals surface area contributed by atoms with E-state index in [1.54, 1.807) is 13.2 Å². The normalized spacial score (nSPS) is 23.3. The van der Waals surface area contributed by atoms with Crippen molar-refractivity contribution in [1.82, 2.24) is 9.78 Å². The molecule has 1 saturated carbocycles. The van der Waals surface area contributed by atoms with Gasteiger partial charge in [0.25, 0.3) is 5.56 Å². The zero-order valence-electron chi connectivity index (χ0n) is 11.1. The van der Waals surface area contributed by atoms with Gasteiger partial charge in [-0.05, 0) is 40.6 Å². The third-order valence-electron chi connectivity index (χ3n) is 3.93. The smallest absolute Gasteiger partial charge is 0.282 e. The maximum atomic E-state index is 11.7. The van der Waals surface area contributed by atoms with Gasteiger partial charge in [0.15, 0.2) is 0 Å². The van der Waals surface area contributed by atoms with Crippen LogP contribution in [0.5, 0.6) is 0 Å². The van der Waals surface area contributed by atoms with Crippen molar-refractivity contribution < 1.29 is 5.11 Å². The minimum Gasteiger partial charge on any atom is -0.396 e. The molecular formula is C13H20BrN3O2. The molecule has 19 heavy (non-hydrogen) atoms. The minimum absolute atomic E-state index is 0.146. The van der Waals surface area contributed by atoms with E-state index in [1.165, 1.54) is 17.5 Å². The van der Waals surface area contributed by atoms with E-state index < -0.39 is 0 Å². The number of nitrogens with zero attached hydrogens (tertiary/aromatic N) is 2. The van der Waals surface area contributed by atoms with Gasteiger partial charge in [0.1, 0.15) is 4.47 Å². The molecule has 0 amide bonds. The molecule has 106 valence electrons. The van der Waals surface area contributed by atoms with Crippen LogP contribution in [0.15, 0.2) is 15.5 Å².